The Balaban J connectivity index is 0.813. The summed E-state index contributed by atoms with van der Waals surface area (Å²) in [4.78, 5) is 11.2. The van der Waals surface area contributed by atoms with E-state index in [1.165, 1.54) is 93.4 Å². The fourth-order valence-corrected chi connectivity index (χ4v) is 15.8. The van der Waals surface area contributed by atoms with E-state index < -0.39 is 5.41 Å². The second-order valence-electron chi connectivity index (χ2n) is 23.1. The second-order valence-corrected chi connectivity index (χ2v) is 24.2. The topological polar surface area (TPSA) is 30.7 Å². The molecule has 2 aliphatic carbocycles. The zero-order chi connectivity index (χ0) is 57.2. The average Bonchev–Trinajstić information content (AvgIpc) is 1.53. The van der Waals surface area contributed by atoms with Gasteiger partial charge in [-0.3, -0.25) is 0 Å². The van der Waals surface area contributed by atoms with Crippen molar-refractivity contribution in [2.24, 2.45) is 0 Å². The molecule has 3 heterocycles. The maximum absolute atomic E-state index is 5.63. The molecule has 0 amide bonds. The van der Waals surface area contributed by atoms with Gasteiger partial charge < -0.3 is 4.57 Å². The van der Waals surface area contributed by atoms with Gasteiger partial charge in [-0.05, 0) is 167 Å². The van der Waals surface area contributed by atoms with Gasteiger partial charge in [0.25, 0.3) is 0 Å². The minimum Gasteiger partial charge on any atom is -0.309 e. The molecule has 404 valence electrons. The molecule has 0 bridgehead atoms. The molecule has 0 atom stereocenters. The van der Waals surface area contributed by atoms with Crippen LogP contribution in [-0.2, 0) is 5.41 Å². The highest BCUT2D eigenvalue weighted by Gasteiger charge is 2.51. The van der Waals surface area contributed by atoms with Crippen LogP contribution in [0.2, 0.25) is 0 Å². The summed E-state index contributed by atoms with van der Waals surface area (Å²) in [6.07, 6.45) is 0. The summed E-state index contributed by atoms with van der Waals surface area (Å²) in [5.41, 5.74) is 28.9. The molecule has 18 rings (SSSR count). The first-order valence-corrected chi connectivity index (χ1v) is 30.7. The molecule has 2 aliphatic rings. The van der Waals surface area contributed by atoms with Crippen LogP contribution in [0, 0.1) is 0 Å². The molecule has 0 fully saturated rings. The molecule has 16 aromatic rings. The molecule has 0 unspecified atom stereocenters. The summed E-state index contributed by atoms with van der Waals surface area (Å²) in [5, 5.41) is 3.52. The van der Waals surface area contributed by atoms with Gasteiger partial charge in [-0.2, -0.15) is 0 Å². The number of hydrogen-bond donors (Lipinski definition) is 0. The van der Waals surface area contributed by atoms with E-state index in [1.807, 2.05) is 0 Å². The van der Waals surface area contributed by atoms with E-state index in [4.69, 9.17) is 9.97 Å². The first-order valence-electron chi connectivity index (χ1n) is 29.9. The first-order chi connectivity index (χ1) is 43.1. The average molecular weight is 1120 g/mol. The van der Waals surface area contributed by atoms with Crippen molar-refractivity contribution in [2.45, 2.75) is 5.41 Å². The lowest BCUT2D eigenvalue weighted by molar-refractivity contribution is 0.792. The van der Waals surface area contributed by atoms with Gasteiger partial charge in [0.05, 0.1) is 32.4 Å². The van der Waals surface area contributed by atoms with Crippen LogP contribution in [0.25, 0.3) is 148 Å². The van der Waals surface area contributed by atoms with Gasteiger partial charge >= 0.3 is 0 Å². The Labute approximate surface area is 508 Å². The number of aromatic nitrogens is 3. The van der Waals surface area contributed by atoms with Crippen molar-refractivity contribution < 1.29 is 0 Å². The highest BCUT2D eigenvalue weighted by molar-refractivity contribution is 7.26. The highest BCUT2D eigenvalue weighted by Crippen LogP contribution is 2.63. The summed E-state index contributed by atoms with van der Waals surface area (Å²) in [7, 11) is 0. The molecule has 3 aromatic heterocycles. The Morgan fingerprint density at radius 1 is 0.287 bits per heavy atom. The molecular weight excluding hydrogens is 1070 g/mol. The molecule has 0 N–H and O–H groups in total. The molecular formula is C83H51N3S. The normalized spacial score (nSPS) is 12.7. The van der Waals surface area contributed by atoms with Crippen LogP contribution in [0.5, 0.6) is 0 Å². The van der Waals surface area contributed by atoms with Crippen molar-refractivity contribution in [1.82, 2.24) is 14.5 Å². The van der Waals surface area contributed by atoms with E-state index >= 15 is 0 Å². The lowest BCUT2D eigenvalue weighted by Gasteiger charge is -2.30. The van der Waals surface area contributed by atoms with E-state index in [1.54, 1.807) is 11.3 Å². The molecule has 87 heavy (non-hydrogen) atoms. The van der Waals surface area contributed by atoms with Crippen LogP contribution in [0.4, 0.5) is 0 Å². The molecule has 4 heteroatoms. The lowest BCUT2D eigenvalue weighted by Crippen LogP contribution is -2.26. The van der Waals surface area contributed by atoms with Gasteiger partial charge in [-0.1, -0.05) is 243 Å². The van der Waals surface area contributed by atoms with Crippen LogP contribution in [0.3, 0.4) is 0 Å². The summed E-state index contributed by atoms with van der Waals surface area (Å²) >= 11 is 1.77. The van der Waals surface area contributed by atoms with Gasteiger partial charge in [0.15, 0.2) is 5.82 Å². The zero-order valence-electron chi connectivity index (χ0n) is 47.2. The third kappa shape index (κ3) is 7.61. The summed E-state index contributed by atoms with van der Waals surface area (Å²) in [6, 6.07) is 114. The Morgan fingerprint density at radius 3 is 1.44 bits per heavy atom. The SMILES string of the molecule is c1ccc(-c2cc(-c3ccccc3)cc(-c3cccc(-c4nc(-c5cccc(-c6cccc7c6c6cc(-c8ccccc8)ccc6n7-c6ccc7c(c6)C6(c8ccccc8-c8ccccc86)c6ccccc6-7)c5)nc5c4sc4ccccc45)c3)c2)cc1. The van der Waals surface area contributed by atoms with Crippen molar-refractivity contribution in [3.05, 3.63) is 332 Å². The molecule has 0 aliphatic heterocycles. The standard InChI is InChI=1S/C83H51N3S/c1-4-21-52(22-5-1)56-41-44-75-70(50-56)78-64(35-20-39-76(78)86(75)63-42-43-68-67-33-12-16-38-73(67)83(74(68)51-63)71-36-14-10-31-65(71)66-32-11-15-37-72(66)83)57-28-19-30-59(46-57)82-84-79(81-80(85-82)69-34-13-17-40-77(69)87-81)58-29-18-27-55(45-58)62-48-60(53-23-6-2-7-24-53)47-61(49-62)54-25-8-3-9-26-54/h1-51H. The first kappa shape index (κ1) is 49.4. The van der Waals surface area contributed by atoms with Crippen LogP contribution in [-0.4, -0.2) is 14.5 Å². The lowest BCUT2D eigenvalue weighted by atomic mass is 9.70. The number of rotatable bonds is 8. The number of nitrogens with zero attached hydrogens (tertiary/aromatic N) is 3. The van der Waals surface area contributed by atoms with Crippen molar-refractivity contribution in [3.63, 3.8) is 0 Å². The molecule has 13 aromatic carbocycles. The summed E-state index contributed by atoms with van der Waals surface area (Å²) < 4.78 is 4.77. The van der Waals surface area contributed by atoms with Crippen LogP contribution >= 0.6 is 11.3 Å². The van der Waals surface area contributed by atoms with Gasteiger partial charge in [0.2, 0.25) is 0 Å². The van der Waals surface area contributed by atoms with E-state index in [0.717, 1.165) is 71.4 Å². The third-order valence-corrected chi connectivity index (χ3v) is 19.6. The van der Waals surface area contributed by atoms with Gasteiger partial charge in [-0.25, -0.2) is 9.97 Å². The second kappa shape index (κ2) is 19.5. The van der Waals surface area contributed by atoms with Crippen LogP contribution in [0.1, 0.15) is 22.3 Å². The fraction of sp³-hybridized carbons (Fsp3) is 0.0120. The third-order valence-electron chi connectivity index (χ3n) is 18.4. The Hall–Kier alpha value is -11.0. The Bertz CT molecular complexity index is 5340. The van der Waals surface area contributed by atoms with Crippen LogP contribution < -0.4 is 0 Å². The molecule has 1 spiro atoms. The Morgan fingerprint density at radius 2 is 0.770 bits per heavy atom. The number of fused-ring (bicyclic) bond motifs is 16. The minimum atomic E-state index is -0.468. The van der Waals surface area contributed by atoms with Crippen LogP contribution in [0.15, 0.2) is 309 Å². The van der Waals surface area contributed by atoms with Gasteiger partial charge in [-0.15, -0.1) is 11.3 Å². The zero-order valence-corrected chi connectivity index (χ0v) is 48.0. The monoisotopic (exact) mass is 1120 g/mol. The number of benzene rings is 13. The van der Waals surface area contributed by atoms with Gasteiger partial charge in [0, 0.05) is 37.7 Å². The maximum atomic E-state index is 5.63. The van der Waals surface area contributed by atoms with Crippen molar-refractivity contribution in [2.75, 3.05) is 0 Å². The highest BCUT2D eigenvalue weighted by atomic mass is 32.1. The summed E-state index contributed by atoms with van der Waals surface area (Å²) in [5.74, 6) is 0.690. The predicted octanol–water partition coefficient (Wildman–Crippen LogP) is 22.0. The smallest absolute Gasteiger partial charge is 0.160 e. The molecule has 0 radical (unpaired) electrons. The Kier molecular flexibility index (Phi) is 11.1. The summed E-state index contributed by atoms with van der Waals surface area (Å²) in [6.45, 7) is 0. The number of thiophene rings is 1. The molecule has 3 nitrogen and oxygen atoms in total. The van der Waals surface area contributed by atoms with Crippen molar-refractivity contribution in [1.29, 1.82) is 0 Å². The largest absolute Gasteiger partial charge is 0.309 e. The quantitative estimate of drug-likeness (QED) is 0.152. The van der Waals surface area contributed by atoms with Gasteiger partial charge in [0.1, 0.15) is 0 Å². The molecule has 0 saturated heterocycles. The van der Waals surface area contributed by atoms with Crippen molar-refractivity contribution >= 4 is 53.4 Å². The number of hydrogen-bond acceptors (Lipinski definition) is 3. The van der Waals surface area contributed by atoms with E-state index in [-0.39, 0.29) is 0 Å². The maximum Gasteiger partial charge on any atom is 0.160 e. The fourth-order valence-electron chi connectivity index (χ4n) is 14.6. The molecule has 0 saturated carbocycles. The van der Waals surface area contributed by atoms with E-state index in [9.17, 15) is 0 Å². The van der Waals surface area contributed by atoms with E-state index in [2.05, 4.69) is 314 Å². The van der Waals surface area contributed by atoms with Crippen molar-refractivity contribution in [3.8, 4) is 106 Å². The van der Waals surface area contributed by atoms with E-state index in [0.29, 0.717) is 5.82 Å². The minimum absolute atomic E-state index is 0.468. The predicted molar refractivity (Wildman–Crippen MR) is 364 cm³/mol.